The molecule has 0 aliphatic rings. The largest absolute Gasteiger partial charge is 0.504 e. The van der Waals surface area contributed by atoms with Crippen molar-refractivity contribution < 1.29 is 18.2 Å². The van der Waals surface area contributed by atoms with E-state index < -0.39 is 20.7 Å². The van der Waals surface area contributed by atoms with E-state index in [2.05, 4.69) is 63.8 Å². The zero-order valence-electron chi connectivity index (χ0n) is 20.5. The molecule has 0 saturated carbocycles. The lowest BCUT2D eigenvalue weighted by molar-refractivity contribution is 0.314. The van der Waals surface area contributed by atoms with Crippen LogP contribution < -0.4 is 10.6 Å². The minimum atomic E-state index is -4.04. The monoisotopic (exact) mass is 551 g/mol. The first-order valence-corrected chi connectivity index (χ1v) is 13.5. The number of aromatic nitrogens is 4. The Kier molecular flexibility index (Phi) is 6.86. The minimum absolute atomic E-state index is 0.0623. The van der Waals surface area contributed by atoms with Crippen LogP contribution in [-0.2, 0) is 10.0 Å². The Morgan fingerprint density at radius 3 is 2.28 bits per heavy atom. The lowest BCUT2D eigenvalue weighted by Gasteiger charge is -2.31. The number of fused-ring (bicyclic) bond motifs is 1. The van der Waals surface area contributed by atoms with Gasteiger partial charge in [0.05, 0.1) is 16.8 Å². The summed E-state index contributed by atoms with van der Waals surface area (Å²) < 4.78 is 31.3. The molecule has 14 heteroatoms. The maximum atomic E-state index is 12.8. The fourth-order valence-electron chi connectivity index (χ4n) is 3.49. The quantitative estimate of drug-likeness (QED) is 0.270. The third-order valence-corrected chi connectivity index (χ3v) is 8.77. The van der Waals surface area contributed by atoms with Crippen LogP contribution in [-0.4, -0.2) is 52.2 Å². The van der Waals surface area contributed by atoms with Gasteiger partial charge >= 0.3 is 0 Å². The van der Waals surface area contributed by atoms with Crippen molar-refractivity contribution in [1.29, 1.82) is 0 Å². The normalized spacial score (nSPS) is 13.3. The molecule has 4 rings (SSSR count). The summed E-state index contributed by atoms with van der Waals surface area (Å²) in [6.07, 6.45) is 0. The first kappa shape index (κ1) is 26.1. The Bertz CT molecular complexity index is 1530. The lowest BCUT2D eigenvalue weighted by Crippen LogP contribution is -2.26. The summed E-state index contributed by atoms with van der Waals surface area (Å²) in [4.78, 5) is 10.8. The van der Waals surface area contributed by atoms with Crippen molar-refractivity contribution in [2.75, 3.05) is 24.7 Å². The standard InChI is InChI=1S/C22H26ClN7O4S2/c1-11-7-10-14(35-11)17(22(2,3)4)25-19-18(26-20-21(27-19)29-34-28-20)24-13-9-8-12(23)16(15(13)31)36(32,33)30(5)6/h7-10,17,31H,1-6H3,(H,24,26,28)(H,25,27,29)/t17-/m0/s1. The number of sulfonamides is 1. The molecule has 36 heavy (non-hydrogen) atoms. The molecule has 3 N–H and O–H groups in total. The molecule has 0 radical (unpaired) electrons. The van der Waals surface area contributed by atoms with Gasteiger partial charge in [-0.05, 0) is 46.9 Å². The van der Waals surface area contributed by atoms with Gasteiger partial charge in [0, 0.05) is 23.8 Å². The van der Waals surface area contributed by atoms with Gasteiger partial charge < -0.3 is 15.7 Å². The van der Waals surface area contributed by atoms with E-state index in [9.17, 15) is 13.5 Å². The van der Waals surface area contributed by atoms with Crippen LogP contribution in [0.4, 0.5) is 17.3 Å². The summed E-state index contributed by atoms with van der Waals surface area (Å²) in [7, 11) is -1.34. The van der Waals surface area contributed by atoms with Crippen LogP contribution in [0, 0.1) is 12.3 Å². The molecule has 1 aromatic carbocycles. The highest BCUT2D eigenvalue weighted by atomic mass is 35.5. The van der Waals surface area contributed by atoms with Gasteiger partial charge in [-0.2, -0.15) is 0 Å². The highest BCUT2D eigenvalue weighted by molar-refractivity contribution is 7.89. The smallest absolute Gasteiger partial charge is 0.247 e. The topological polar surface area (TPSA) is 146 Å². The molecular formula is C22H26ClN7O4S2. The number of nitrogens with one attached hydrogen (secondary N) is 2. The summed E-state index contributed by atoms with van der Waals surface area (Å²) in [5.74, 6) is -0.0503. The van der Waals surface area contributed by atoms with E-state index in [1.807, 2.05) is 6.92 Å². The van der Waals surface area contributed by atoms with Crippen molar-refractivity contribution >= 4 is 61.6 Å². The molecule has 0 aliphatic carbocycles. The molecule has 0 aliphatic heterocycles. The van der Waals surface area contributed by atoms with Gasteiger partial charge in [-0.3, -0.25) is 0 Å². The molecular weight excluding hydrogens is 526 g/mol. The van der Waals surface area contributed by atoms with Gasteiger partial charge in [0.15, 0.2) is 17.4 Å². The van der Waals surface area contributed by atoms with E-state index in [1.165, 1.54) is 31.1 Å². The van der Waals surface area contributed by atoms with Crippen LogP contribution in [0.5, 0.6) is 5.75 Å². The van der Waals surface area contributed by atoms with Gasteiger partial charge in [-0.1, -0.05) is 32.4 Å². The second-order valence-corrected chi connectivity index (χ2v) is 13.2. The molecule has 4 aromatic rings. The maximum absolute atomic E-state index is 12.8. The predicted octanol–water partition coefficient (Wildman–Crippen LogP) is 4.93. The van der Waals surface area contributed by atoms with Crippen LogP contribution in [0.2, 0.25) is 5.02 Å². The van der Waals surface area contributed by atoms with Crippen molar-refractivity contribution in [3.63, 3.8) is 0 Å². The van der Waals surface area contributed by atoms with Crippen LogP contribution in [0.25, 0.3) is 11.3 Å². The number of rotatable bonds is 7. The summed E-state index contributed by atoms with van der Waals surface area (Å²) >= 11 is 7.82. The van der Waals surface area contributed by atoms with E-state index >= 15 is 0 Å². The molecule has 0 amide bonds. The number of aryl methyl sites for hydroxylation is 1. The van der Waals surface area contributed by atoms with Crippen LogP contribution in [0.3, 0.4) is 0 Å². The second-order valence-electron chi connectivity index (χ2n) is 9.41. The van der Waals surface area contributed by atoms with E-state index in [-0.39, 0.29) is 39.3 Å². The predicted molar refractivity (Wildman–Crippen MR) is 140 cm³/mol. The summed E-state index contributed by atoms with van der Waals surface area (Å²) in [6.45, 7) is 8.33. The van der Waals surface area contributed by atoms with Gasteiger partial charge in [0.25, 0.3) is 0 Å². The van der Waals surface area contributed by atoms with Crippen LogP contribution in [0.15, 0.2) is 33.8 Å². The van der Waals surface area contributed by atoms with Crippen molar-refractivity contribution in [2.24, 2.45) is 5.41 Å². The van der Waals surface area contributed by atoms with E-state index in [4.69, 9.17) is 16.2 Å². The van der Waals surface area contributed by atoms with Crippen molar-refractivity contribution in [2.45, 2.75) is 38.6 Å². The zero-order chi connectivity index (χ0) is 26.4. The number of anilines is 3. The van der Waals surface area contributed by atoms with Gasteiger partial charge in [-0.15, -0.1) is 11.3 Å². The molecule has 0 unspecified atom stereocenters. The maximum Gasteiger partial charge on any atom is 0.247 e. The van der Waals surface area contributed by atoms with E-state index in [0.29, 0.717) is 5.82 Å². The van der Waals surface area contributed by atoms with E-state index in [0.717, 1.165) is 9.18 Å². The highest BCUT2D eigenvalue weighted by Gasteiger charge is 2.31. The summed E-state index contributed by atoms with van der Waals surface area (Å²) in [5, 5.41) is 24.8. The number of aromatic hydroxyl groups is 1. The number of phenolic OH excluding ortho intramolecular Hbond substituents is 1. The van der Waals surface area contributed by atoms with Crippen LogP contribution in [0.1, 0.15) is 36.6 Å². The van der Waals surface area contributed by atoms with Gasteiger partial charge in [0.2, 0.25) is 21.3 Å². The molecule has 0 bridgehead atoms. The molecule has 3 heterocycles. The number of benzene rings is 1. The number of hydrogen-bond donors (Lipinski definition) is 3. The van der Waals surface area contributed by atoms with E-state index in [1.54, 1.807) is 11.3 Å². The fraction of sp³-hybridized carbons (Fsp3) is 0.364. The number of halogens is 1. The van der Waals surface area contributed by atoms with Crippen molar-refractivity contribution in [3.05, 3.63) is 39.0 Å². The SMILES string of the molecule is Cc1ccc([C@H](Nc2nc3nonc3nc2Nc2ccc(Cl)c(S(=O)(=O)N(C)C)c2O)C(C)(C)C)s1. The van der Waals surface area contributed by atoms with Crippen molar-refractivity contribution in [1.82, 2.24) is 24.6 Å². The third-order valence-electron chi connectivity index (χ3n) is 5.38. The Morgan fingerprint density at radius 2 is 1.72 bits per heavy atom. The molecule has 11 nitrogen and oxygen atoms in total. The molecule has 0 saturated heterocycles. The second kappa shape index (κ2) is 9.47. The Hall–Kier alpha value is -3.00. The molecule has 0 spiro atoms. The first-order chi connectivity index (χ1) is 16.8. The Morgan fingerprint density at radius 1 is 1.08 bits per heavy atom. The van der Waals surface area contributed by atoms with Crippen LogP contribution >= 0.6 is 22.9 Å². The Labute approximate surface area is 217 Å². The molecule has 1 atom stereocenters. The van der Waals surface area contributed by atoms with Gasteiger partial charge in [-0.25, -0.2) is 27.3 Å². The third kappa shape index (κ3) is 4.96. The number of thiophene rings is 1. The summed E-state index contributed by atoms with van der Waals surface area (Å²) in [6, 6.07) is 6.78. The highest BCUT2D eigenvalue weighted by Crippen LogP contribution is 2.42. The number of hydrogen-bond acceptors (Lipinski definition) is 11. The average molecular weight is 552 g/mol. The summed E-state index contributed by atoms with van der Waals surface area (Å²) in [5.41, 5.74) is 0.168. The molecule has 3 aromatic heterocycles. The average Bonchev–Trinajstić information content (AvgIpc) is 3.41. The number of nitrogens with zero attached hydrogens (tertiary/aromatic N) is 5. The van der Waals surface area contributed by atoms with Crippen molar-refractivity contribution in [3.8, 4) is 5.75 Å². The van der Waals surface area contributed by atoms with Gasteiger partial charge in [0.1, 0.15) is 4.90 Å². The molecule has 192 valence electrons. The zero-order valence-corrected chi connectivity index (χ0v) is 22.9. The Balaban J connectivity index is 1.82. The first-order valence-electron chi connectivity index (χ1n) is 10.8. The fourth-order valence-corrected chi connectivity index (χ4v) is 6.14. The minimum Gasteiger partial charge on any atom is -0.504 e. The number of phenols is 1. The lowest BCUT2D eigenvalue weighted by atomic mass is 9.86. The molecule has 0 fully saturated rings.